The first-order valence-electron chi connectivity index (χ1n) is 6.46. The summed E-state index contributed by atoms with van der Waals surface area (Å²) < 4.78 is 31.5. The molecular weight excluding hydrogens is 264 g/mol. The highest BCUT2D eigenvalue weighted by Gasteiger charge is 2.26. The van der Waals surface area contributed by atoms with Gasteiger partial charge in [-0.15, -0.1) is 6.58 Å². The molecule has 0 atom stereocenters. The third-order valence-corrected chi connectivity index (χ3v) is 4.33. The number of nitrogens with one attached hydrogen (secondary N) is 1. The maximum Gasteiger partial charge on any atom is 0.276 e. The molecule has 0 aliphatic rings. The molecule has 0 unspecified atom stereocenters. The molecule has 1 heterocycles. The van der Waals surface area contributed by atoms with Crippen LogP contribution in [0.5, 0.6) is 0 Å². The number of hydrogen-bond acceptors (Lipinski definition) is 4. The molecule has 1 N–H and O–H groups in total. The van der Waals surface area contributed by atoms with Gasteiger partial charge in [0.05, 0.1) is 6.54 Å². The van der Waals surface area contributed by atoms with Gasteiger partial charge in [0.15, 0.2) is 0 Å². The average Bonchev–Trinajstić information content (AvgIpc) is 2.85. The molecule has 6 heteroatoms. The van der Waals surface area contributed by atoms with E-state index in [0.717, 1.165) is 13.0 Å². The predicted octanol–water partition coefficient (Wildman–Crippen LogP) is 1.98. The predicted molar refractivity (Wildman–Crippen MR) is 75.3 cm³/mol. The van der Waals surface area contributed by atoms with Crippen molar-refractivity contribution in [3.8, 4) is 0 Å². The van der Waals surface area contributed by atoms with Gasteiger partial charge in [-0.1, -0.05) is 19.9 Å². The number of nitrogens with zero attached hydrogens (tertiary/aromatic N) is 1. The van der Waals surface area contributed by atoms with Crippen LogP contribution in [0, 0.1) is 0 Å². The molecule has 0 aliphatic carbocycles. The van der Waals surface area contributed by atoms with Crippen LogP contribution in [0.25, 0.3) is 0 Å². The average molecular weight is 286 g/mol. The van der Waals surface area contributed by atoms with E-state index in [4.69, 9.17) is 4.42 Å². The Balaban J connectivity index is 2.90. The molecule has 0 amide bonds. The summed E-state index contributed by atoms with van der Waals surface area (Å²) >= 11 is 0. The van der Waals surface area contributed by atoms with Crippen molar-refractivity contribution in [1.29, 1.82) is 0 Å². The fraction of sp³-hybridized carbons (Fsp3) is 0.538. The van der Waals surface area contributed by atoms with Crippen LogP contribution in [0.15, 0.2) is 34.3 Å². The third-order valence-electron chi connectivity index (χ3n) is 2.59. The topological polar surface area (TPSA) is 62.6 Å². The van der Waals surface area contributed by atoms with Gasteiger partial charge in [0.25, 0.3) is 10.0 Å². The van der Waals surface area contributed by atoms with Crippen molar-refractivity contribution in [3.05, 3.63) is 30.5 Å². The summed E-state index contributed by atoms with van der Waals surface area (Å²) in [5.74, 6) is 0.621. The Kier molecular flexibility index (Phi) is 6.27. The van der Waals surface area contributed by atoms with E-state index in [1.807, 2.05) is 13.8 Å². The van der Waals surface area contributed by atoms with Crippen LogP contribution in [0.4, 0.5) is 0 Å². The molecule has 0 saturated carbocycles. The van der Waals surface area contributed by atoms with E-state index in [1.54, 1.807) is 12.1 Å². The van der Waals surface area contributed by atoms with Gasteiger partial charge in [-0.05, 0) is 25.1 Å². The Bertz CT molecular complexity index is 494. The maximum absolute atomic E-state index is 12.4. The van der Waals surface area contributed by atoms with E-state index < -0.39 is 10.0 Å². The molecule has 0 fully saturated rings. The van der Waals surface area contributed by atoms with Crippen molar-refractivity contribution in [3.63, 3.8) is 0 Å². The van der Waals surface area contributed by atoms with E-state index >= 15 is 0 Å². The van der Waals surface area contributed by atoms with Crippen molar-refractivity contribution in [2.24, 2.45) is 0 Å². The lowest BCUT2D eigenvalue weighted by Crippen LogP contribution is -2.31. The number of furan rings is 1. The first-order valence-corrected chi connectivity index (χ1v) is 7.90. The first-order chi connectivity index (χ1) is 9.06. The summed E-state index contributed by atoms with van der Waals surface area (Å²) in [6.07, 6.45) is 2.33. The van der Waals surface area contributed by atoms with E-state index in [0.29, 0.717) is 25.4 Å². The van der Waals surface area contributed by atoms with Crippen LogP contribution in [0.3, 0.4) is 0 Å². The van der Waals surface area contributed by atoms with Gasteiger partial charge in [-0.25, -0.2) is 8.42 Å². The highest BCUT2D eigenvalue weighted by Crippen LogP contribution is 2.19. The monoisotopic (exact) mass is 286 g/mol. The Morgan fingerprint density at radius 1 is 1.42 bits per heavy atom. The lowest BCUT2D eigenvalue weighted by Gasteiger charge is -2.18. The quantitative estimate of drug-likeness (QED) is 0.705. The third kappa shape index (κ3) is 4.19. The van der Waals surface area contributed by atoms with Crippen molar-refractivity contribution < 1.29 is 12.8 Å². The van der Waals surface area contributed by atoms with Crippen molar-refractivity contribution in [1.82, 2.24) is 9.62 Å². The second-order valence-corrected chi connectivity index (χ2v) is 6.02. The largest absolute Gasteiger partial charge is 0.447 e. The van der Waals surface area contributed by atoms with Crippen molar-refractivity contribution in [2.75, 3.05) is 19.6 Å². The fourth-order valence-corrected chi connectivity index (χ4v) is 3.10. The molecule has 5 nitrogen and oxygen atoms in total. The van der Waals surface area contributed by atoms with Crippen LogP contribution in [-0.4, -0.2) is 32.4 Å². The minimum atomic E-state index is -3.56. The van der Waals surface area contributed by atoms with Crippen LogP contribution in [0.2, 0.25) is 0 Å². The summed E-state index contributed by atoms with van der Waals surface area (Å²) in [6, 6.07) is 3.20. The van der Waals surface area contributed by atoms with Gasteiger partial charge in [-0.3, -0.25) is 0 Å². The SMILES string of the molecule is C=CCN(CCC)S(=O)(=O)c1ccc(CNCC)o1. The van der Waals surface area contributed by atoms with E-state index in [9.17, 15) is 8.42 Å². The minimum Gasteiger partial charge on any atom is -0.447 e. The van der Waals surface area contributed by atoms with Gasteiger partial charge in [-0.2, -0.15) is 4.31 Å². The van der Waals surface area contributed by atoms with Gasteiger partial charge in [0.1, 0.15) is 5.76 Å². The van der Waals surface area contributed by atoms with Gasteiger partial charge in [0.2, 0.25) is 5.09 Å². The normalized spacial score (nSPS) is 11.9. The smallest absolute Gasteiger partial charge is 0.276 e. The van der Waals surface area contributed by atoms with Crippen LogP contribution in [-0.2, 0) is 16.6 Å². The van der Waals surface area contributed by atoms with Gasteiger partial charge < -0.3 is 9.73 Å². The molecule has 0 radical (unpaired) electrons. The zero-order chi connectivity index (χ0) is 14.3. The van der Waals surface area contributed by atoms with Gasteiger partial charge in [0, 0.05) is 13.1 Å². The summed E-state index contributed by atoms with van der Waals surface area (Å²) in [6.45, 7) is 9.59. The molecule has 1 rings (SSSR count). The molecular formula is C13H22N2O3S. The summed E-state index contributed by atoms with van der Waals surface area (Å²) in [5.41, 5.74) is 0. The minimum absolute atomic E-state index is 0.00398. The Morgan fingerprint density at radius 2 is 2.16 bits per heavy atom. The lowest BCUT2D eigenvalue weighted by molar-refractivity contribution is 0.374. The second kappa shape index (κ2) is 7.47. The van der Waals surface area contributed by atoms with Crippen molar-refractivity contribution >= 4 is 10.0 Å². The fourth-order valence-electron chi connectivity index (χ4n) is 1.67. The van der Waals surface area contributed by atoms with Crippen LogP contribution in [0.1, 0.15) is 26.0 Å². The lowest BCUT2D eigenvalue weighted by atomic mass is 10.4. The molecule has 0 saturated heterocycles. The number of hydrogen-bond donors (Lipinski definition) is 1. The molecule has 1 aromatic heterocycles. The molecule has 108 valence electrons. The zero-order valence-electron chi connectivity index (χ0n) is 11.6. The Morgan fingerprint density at radius 3 is 2.74 bits per heavy atom. The molecule has 0 aliphatic heterocycles. The van der Waals surface area contributed by atoms with E-state index in [1.165, 1.54) is 10.4 Å². The summed E-state index contributed by atoms with van der Waals surface area (Å²) in [7, 11) is -3.56. The Labute approximate surface area is 115 Å². The summed E-state index contributed by atoms with van der Waals surface area (Å²) in [5, 5.41) is 3.09. The Hall–Kier alpha value is -1.11. The molecule has 0 aromatic carbocycles. The standard InChI is InChI=1S/C13H22N2O3S/c1-4-9-15(10-5-2)19(16,17)13-8-7-12(18-13)11-14-6-3/h4,7-8,14H,1,5-6,9-11H2,2-3H3. The maximum atomic E-state index is 12.4. The van der Waals surface area contributed by atoms with Crippen molar-refractivity contribution in [2.45, 2.75) is 31.9 Å². The van der Waals surface area contributed by atoms with Gasteiger partial charge >= 0.3 is 0 Å². The molecule has 0 bridgehead atoms. The number of rotatable bonds is 9. The van der Waals surface area contributed by atoms with E-state index in [2.05, 4.69) is 11.9 Å². The molecule has 0 spiro atoms. The van der Waals surface area contributed by atoms with E-state index in [-0.39, 0.29) is 5.09 Å². The molecule has 1 aromatic rings. The summed E-state index contributed by atoms with van der Waals surface area (Å²) in [4.78, 5) is 0. The van der Waals surface area contributed by atoms with Crippen LogP contribution < -0.4 is 5.32 Å². The molecule has 19 heavy (non-hydrogen) atoms. The second-order valence-electron chi connectivity index (χ2n) is 4.15. The first kappa shape index (κ1) is 15.9. The zero-order valence-corrected chi connectivity index (χ0v) is 12.4. The number of sulfonamides is 1. The highest BCUT2D eigenvalue weighted by molar-refractivity contribution is 7.89. The highest BCUT2D eigenvalue weighted by atomic mass is 32.2. The van der Waals surface area contributed by atoms with Crippen LogP contribution >= 0.6 is 0 Å².